The SMILES string of the molecule is C/C=C/C(=O)NCCCN(C)C. The van der Waals surface area contributed by atoms with Crippen LogP contribution in [0.2, 0.25) is 0 Å². The highest BCUT2D eigenvalue weighted by Gasteiger charge is 1.93. The smallest absolute Gasteiger partial charge is 0.243 e. The van der Waals surface area contributed by atoms with Crippen LogP contribution in [0.25, 0.3) is 0 Å². The standard InChI is InChI=1S/C9H18N2O/c1-4-6-9(12)10-7-5-8-11(2)3/h4,6H,5,7-8H2,1-3H3,(H,10,12)/b6-4+. The van der Waals surface area contributed by atoms with Gasteiger partial charge in [-0.25, -0.2) is 0 Å². The minimum Gasteiger partial charge on any atom is -0.353 e. The summed E-state index contributed by atoms with van der Waals surface area (Å²) in [6.45, 7) is 3.59. The minimum atomic E-state index is -0.00347. The third-order valence-electron chi connectivity index (χ3n) is 1.40. The van der Waals surface area contributed by atoms with Crippen molar-refractivity contribution in [1.82, 2.24) is 10.2 Å². The number of allylic oxidation sites excluding steroid dienone is 1. The molecule has 1 N–H and O–H groups in total. The second-order valence-electron chi connectivity index (χ2n) is 2.95. The van der Waals surface area contributed by atoms with Gasteiger partial charge in [0.05, 0.1) is 0 Å². The second-order valence-corrected chi connectivity index (χ2v) is 2.95. The van der Waals surface area contributed by atoms with Crippen molar-refractivity contribution in [3.8, 4) is 0 Å². The summed E-state index contributed by atoms with van der Waals surface area (Å²) in [5.41, 5.74) is 0. The molecular formula is C9H18N2O. The van der Waals surface area contributed by atoms with Crippen molar-refractivity contribution >= 4 is 5.91 Å². The molecule has 0 aliphatic carbocycles. The predicted octanol–water partition coefficient (Wildman–Crippen LogP) is 0.630. The quantitative estimate of drug-likeness (QED) is 0.485. The highest BCUT2D eigenvalue weighted by molar-refractivity contribution is 5.87. The molecule has 0 aromatic carbocycles. The van der Waals surface area contributed by atoms with Crippen LogP contribution in [0.1, 0.15) is 13.3 Å². The summed E-state index contributed by atoms with van der Waals surface area (Å²) in [5.74, 6) is -0.00347. The Labute approximate surface area is 74.4 Å². The summed E-state index contributed by atoms with van der Waals surface area (Å²) in [6.07, 6.45) is 4.27. The number of hydrogen-bond acceptors (Lipinski definition) is 2. The van der Waals surface area contributed by atoms with Gasteiger partial charge in [0.15, 0.2) is 0 Å². The average Bonchev–Trinajstić information content (AvgIpc) is 1.98. The normalized spacial score (nSPS) is 11.0. The van der Waals surface area contributed by atoms with E-state index < -0.39 is 0 Å². The van der Waals surface area contributed by atoms with Crippen molar-refractivity contribution in [1.29, 1.82) is 0 Å². The van der Waals surface area contributed by atoms with Crippen LogP contribution in [0.15, 0.2) is 12.2 Å². The summed E-state index contributed by atoms with van der Waals surface area (Å²) >= 11 is 0. The Kier molecular flexibility index (Phi) is 6.38. The maximum atomic E-state index is 10.9. The summed E-state index contributed by atoms with van der Waals surface area (Å²) in [6, 6.07) is 0. The van der Waals surface area contributed by atoms with Crippen molar-refractivity contribution < 1.29 is 4.79 Å². The first-order chi connectivity index (χ1) is 5.66. The van der Waals surface area contributed by atoms with E-state index in [1.807, 2.05) is 21.0 Å². The number of amides is 1. The van der Waals surface area contributed by atoms with E-state index in [0.29, 0.717) is 0 Å². The highest BCUT2D eigenvalue weighted by atomic mass is 16.1. The number of nitrogens with zero attached hydrogens (tertiary/aromatic N) is 1. The van der Waals surface area contributed by atoms with Gasteiger partial charge in [-0.2, -0.15) is 0 Å². The molecule has 0 radical (unpaired) electrons. The second kappa shape index (κ2) is 6.85. The Hall–Kier alpha value is -0.830. The molecule has 1 amide bonds. The van der Waals surface area contributed by atoms with Crippen molar-refractivity contribution in [2.24, 2.45) is 0 Å². The fraction of sp³-hybridized carbons (Fsp3) is 0.667. The van der Waals surface area contributed by atoms with Gasteiger partial charge < -0.3 is 10.2 Å². The zero-order chi connectivity index (χ0) is 9.40. The molecule has 0 aromatic heterocycles. The van der Waals surface area contributed by atoms with E-state index in [-0.39, 0.29) is 5.91 Å². The fourth-order valence-corrected chi connectivity index (χ4v) is 0.817. The number of carbonyl (C=O) groups excluding carboxylic acids is 1. The zero-order valence-electron chi connectivity index (χ0n) is 8.13. The van der Waals surface area contributed by atoms with E-state index in [9.17, 15) is 4.79 Å². The van der Waals surface area contributed by atoms with Gasteiger partial charge in [0, 0.05) is 6.54 Å². The molecule has 70 valence electrons. The molecule has 0 atom stereocenters. The monoisotopic (exact) mass is 170 g/mol. The molecule has 0 unspecified atom stereocenters. The Bertz CT molecular complexity index is 153. The largest absolute Gasteiger partial charge is 0.353 e. The van der Waals surface area contributed by atoms with Gasteiger partial charge in [-0.1, -0.05) is 6.08 Å². The molecule has 0 spiro atoms. The van der Waals surface area contributed by atoms with Gasteiger partial charge in [-0.15, -0.1) is 0 Å². The van der Waals surface area contributed by atoms with E-state index in [4.69, 9.17) is 0 Å². The molecule has 12 heavy (non-hydrogen) atoms. The topological polar surface area (TPSA) is 32.3 Å². The lowest BCUT2D eigenvalue weighted by Gasteiger charge is -2.08. The van der Waals surface area contributed by atoms with Crippen LogP contribution in [0, 0.1) is 0 Å². The van der Waals surface area contributed by atoms with Crippen LogP contribution < -0.4 is 5.32 Å². The first-order valence-electron chi connectivity index (χ1n) is 4.22. The molecule has 0 aromatic rings. The molecule has 0 heterocycles. The number of hydrogen-bond donors (Lipinski definition) is 1. The summed E-state index contributed by atoms with van der Waals surface area (Å²) in [5, 5.41) is 2.79. The molecular weight excluding hydrogens is 152 g/mol. The molecule has 0 saturated heterocycles. The molecule has 0 saturated carbocycles. The molecule has 3 nitrogen and oxygen atoms in total. The van der Waals surface area contributed by atoms with Crippen LogP contribution >= 0.6 is 0 Å². The van der Waals surface area contributed by atoms with E-state index in [1.54, 1.807) is 6.08 Å². The average molecular weight is 170 g/mol. The van der Waals surface area contributed by atoms with Crippen LogP contribution in [0.4, 0.5) is 0 Å². The predicted molar refractivity (Wildman–Crippen MR) is 51.0 cm³/mol. The Morgan fingerprint density at radius 1 is 1.50 bits per heavy atom. The fourth-order valence-electron chi connectivity index (χ4n) is 0.817. The van der Waals surface area contributed by atoms with E-state index in [0.717, 1.165) is 19.5 Å². The number of carbonyl (C=O) groups is 1. The lowest BCUT2D eigenvalue weighted by Crippen LogP contribution is -2.25. The van der Waals surface area contributed by atoms with E-state index in [1.165, 1.54) is 6.08 Å². The van der Waals surface area contributed by atoms with Gasteiger partial charge >= 0.3 is 0 Å². The molecule has 0 fully saturated rings. The highest BCUT2D eigenvalue weighted by Crippen LogP contribution is 1.81. The third-order valence-corrected chi connectivity index (χ3v) is 1.40. The van der Waals surface area contributed by atoms with E-state index >= 15 is 0 Å². The van der Waals surface area contributed by atoms with Crippen LogP contribution in [-0.4, -0.2) is 38.0 Å². The Morgan fingerprint density at radius 2 is 2.17 bits per heavy atom. The van der Waals surface area contributed by atoms with Crippen molar-refractivity contribution in [3.05, 3.63) is 12.2 Å². The summed E-state index contributed by atoms with van der Waals surface area (Å²) in [4.78, 5) is 13.0. The number of rotatable bonds is 5. The summed E-state index contributed by atoms with van der Waals surface area (Å²) in [7, 11) is 4.04. The van der Waals surface area contributed by atoms with Crippen molar-refractivity contribution in [2.45, 2.75) is 13.3 Å². The van der Waals surface area contributed by atoms with E-state index in [2.05, 4.69) is 10.2 Å². The number of nitrogens with one attached hydrogen (secondary N) is 1. The first kappa shape index (κ1) is 11.2. The van der Waals surface area contributed by atoms with Gasteiger partial charge in [0.2, 0.25) is 5.91 Å². The molecule has 0 aliphatic rings. The Balaban J connectivity index is 3.25. The summed E-state index contributed by atoms with van der Waals surface area (Å²) < 4.78 is 0. The third kappa shape index (κ3) is 7.28. The first-order valence-corrected chi connectivity index (χ1v) is 4.22. The van der Waals surface area contributed by atoms with Crippen molar-refractivity contribution in [2.75, 3.05) is 27.2 Å². The molecule has 0 aliphatic heterocycles. The lowest BCUT2D eigenvalue weighted by molar-refractivity contribution is -0.116. The van der Waals surface area contributed by atoms with Crippen LogP contribution in [0.3, 0.4) is 0 Å². The molecule has 0 rings (SSSR count). The van der Waals surface area contributed by atoms with Crippen molar-refractivity contribution in [3.63, 3.8) is 0 Å². The lowest BCUT2D eigenvalue weighted by atomic mass is 10.4. The van der Waals surface area contributed by atoms with Gasteiger partial charge in [-0.3, -0.25) is 4.79 Å². The molecule has 0 bridgehead atoms. The van der Waals surface area contributed by atoms with Crippen LogP contribution in [-0.2, 0) is 4.79 Å². The van der Waals surface area contributed by atoms with Gasteiger partial charge in [0.1, 0.15) is 0 Å². The maximum Gasteiger partial charge on any atom is 0.243 e. The van der Waals surface area contributed by atoms with Crippen LogP contribution in [0.5, 0.6) is 0 Å². The Morgan fingerprint density at radius 3 is 2.67 bits per heavy atom. The zero-order valence-corrected chi connectivity index (χ0v) is 8.13. The van der Waals surface area contributed by atoms with Gasteiger partial charge in [0.25, 0.3) is 0 Å². The molecule has 3 heteroatoms. The van der Waals surface area contributed by atoms with Gasteiger partial charge in [-0.05, 0) is 40.1 Å². The minimum absolute atomic E-state index is 0.00347. The maximum absolute atomic E-state index is 10.9.